The predicted molar refractivity (Wildman–Crippen MR) is 55.4 cm³/mol. The molecule has 0 aliphatic carbocycles. The van der Waals surface area contributed by atoms with E-state index in [0.29, 0.717) is 0 Å². The Morgan fingerprint density at radius 2 is 2.22 bits per heavy atom. The van der Waals surface area contributed by atoms with Gasteiger partial charge in [0, 0.05) is 7.11 Å². The molecule has 0 aromatic rings. The summed E-state index contributed by atoms with van der Waals surface area (Å²) in [6.07, 6.45) is 2.53. The molecular formula is C5H12BrIOSi. The number of hydrogen-bond acceptors (Lipinski definition) is 1. The molecule has 56 valence electrons. The van der Waals surface area contributed by atoms with E-state index in [2.05, 4.69) is 44.0 Å². The summed E-state index contributed by atoms with van der Waals surface area (Å²) in [7, 11) is 1.78. The van der Waals surface area contributed by atoms with Crippen molar-refractivity contribution in [2.45, 2.75) is 25.8 Å². The minimum absolute atomic E-state index is 1.21. The summed E-state index contributed by atoms with van der Waals surface area (Å²) >= 11 is 5.98. The van der Waals surface area contributed by atoms with Gasteiger partial charge in [-0.15, -0.1) is 0 Å². The summed E-state index contributed by atoms with van der Waals surface area (Å²) in [5.41, 5.74) is 0. The van der Waals surface area contributed by atoms with E-state index in [1.54, 1.807) is 7.11 Å². The maximum Gasteiger partial charge on any atom is 0.330 e. The lowest BCUT2D eigenvalue weighted by molar-refractivity contribution is 0.432. The lowest BCUT2D eigenvalue weighted by atomic mass is 10.4. The molecule has 0 spiro atoms. The fourth-order valence-electron chi connectivity index (χ4n) is 0.485. The summed E-state index contributed by atoms with van der Waals surface area (Å²) < 4.78 is 3.87. The van der Waals surface area contributed by atoms with Crippen molar-refractivity contribution < 1.29 is 4.43 Å². The standard InChI is InChI=1S/C5H12BrIOSi/c1-3-4-5-9(6,7)8-2/h3-5H2,1-2H3. The molecule has 0 radical (unpaired) electrons. The van der Waals surface area contributed by atoms with Crippen LogP contribution in [0.5, 0.6) is 0 Å². The first-order valence-electron chi connectivity index (χ1n) is 3.05. The molecule has 0 N–H and O–H groups in total. The van der Waals surface area contributed by atoms with Gasteiger partial charge in [-0.2, -0.15) is 0 Å². The average Bonchev–Trinajstić information content (AvgIpc) is 1.84. The molecule has 0 bridgehead atoms. The van der Waals surface area contributed by atoms with Crippen LogP contribution in [0.15, 0.2) is 0 Å². The van der Waals surface area contributed by atoms with Crippen LogP contribution >= 0.6 is 37.1 Å². The maximum absolute atomic E-state index is 5.28. The monoisotopic (exact) mass is 322 g/mol. The van der Waals surface area contributed by atoms with Gasteiger partial charge in [-0.05, 0) is 6.04 Å². The van der Waals surface area contributed by atoms with Crippen molar-refractivity contribution in [2.24, 2.45) is 0 Å². The topological polar surface area (TPSA) is 9.23 Å². The Morgan fingerprint density at radius 1 is 1.67 bits per heavy atom. The molecular weight excluding hydrogens is 311 g/mol. The van der Waals surface area contributed by atoms with E-state index < -0.39 is 4.43 Å². The van der Waals surface area contributed by atoms with Crippen LogP contribution in [0.25, 0.3) is 0 Å². The summed E-state index contributed by atoms with van der Waals surface area (Å²) in [6.45, 7) is 2.20. The minimum Gasteiger partial charge on any atom is -0.403 e. The zero-order valence-electron chi connectivity index (χ0n) is 5.79. The second-order valence-corrected chi connectivity index (χ2v) is 17.6. The first-order chi connectivity index (χ1) is 4.12. The van der Waals surface area contributed by atoms with Gasteiger partial charge in [0.05, 0.1) is 0 Å². The van der Waals surface area contributed by atoms with Crippen molar-refractivity contribution in [2.75, 3.05) is 7.11 Å². The van der Waals surface area contributed by atoms with Crippen LogP contribution in [-0.4, -0.2) is 11.5 Å². The van der Waals surface area contributed by atoms with Gasteiger partial charge in [-0.3, -0.25) is 0 Å². The van der Waals surface area contributed by atoms with Crippen LogP contribution in [0.2, 0.25) is 6.04 Å². The number of halogens is 2. The molecule has 4 heteroatoms. The molecule has 0 aromatic heterocycles. The minimum atomic E-state index is -1.42. The largest absolute Gasteiger partial charge is 0.403 e. The highest BCUT2D eigenvalue weighted by molar-refractivity contribution is 14.1. The Balaban J connectivity index is 3.33. The Hall–Kier alpha value is 1.39. The van der Waals surface area contributed by atoms with Gasteiger partial charge in [-0.25, -0.2) is 0 Å². The summed E-state index contributed by atoms with van der Waals surface area (Å²) in [4.78, 5) is 0. The van der Waals surface area contributed by atoms with E-state index in [1.807, 2.05) is 0 Å². The van der Waals surface area contributed by atoms with Crippen LogP contribution in [0, 0.1) is 0 Å². The number of unbranched alkanes of at least 4 members (excludes halogenated alkanes) is 1. The maximum atomic E-state index is 5.28. The third-order valence-corrected chi connectivity index (χ3v) is 7.75. The normalized spacial score (nSPS) is 17.3. The van der Waals surface area contributed by atoms with Gasteiger partial charge < -0.3 is 4.43 Å². The van der Waals surface area contributed by atoms with Gasteiger partial charge in [0.2, 0.25) is 0 Å². The van der Waals surface area contributed by atoms with Crippen LogP contribution in [-0.2, 0) is 4.43 Å². The predicted octanol–water partition coefficient (Wildman–Crippen LogP) is 3.20. The van der Waals surface area contributed by atoms with Crippen molar-refractivity contribution in [3.05, 3.63) is 0 Å². The van der Waals surface area contributed by atoms with Crippen LogP contribution in [0.3, 0.4) is 0 Å². The second-order valence-electron chi connectivity index (χ2n) is 1.95. The van der Waals surface area contributed by atoms with Gasteiger partial charge in [-0.1, -0.05) is 56.9 Å². The van der Waals surface area contributed by atoms with Crippen molar-refractivity contribution >= 4 is 41.5 Å². The van der Waals surface area contributed by atoms with Crippen LogP contribution in [0.1, 0.15) is 19.8 Å². The zero-order valence-corrected chi connectivity index (χ0v) is 10.5. The number of rotatable bonds is 4. The molecule has 0 saturated heterocycles. The van der Waals surface area contributed by atoms with Gasteiger partial charge >= 0.3 is 4.43 Å². The Bertz CT molecular complexity index is 79.4. The van der Waals surface area contributed by atoms with Gasteiger partial charge in [0.15, 0.2) is 0 Å². The SMILES string of the molecule is CCCC[Si](Br)(I)OC. The summed E-state index contributed by atoms with van der Waals surface area (Å²) in [5, 5.41) is 0. The first-order valence-corrected chi connectivity index (χ1v) is 10.5. The molecule has 1 unspecified atom stereocenters. The molecule has 0 aromatic carbocycles. The molecule has 0 aliphatic heterocycles. The summed E-state index contributed by atoms with van der Waals surface area (Å²) in [6, 6.07) is 1.21. The first kappa shape index (κ1) is 10.4. The van der Waals surface area contributed by atoms with Crippen molar-refractivity contribution in [1.29, 1.82) is 0 Å². The fourth-order valence-corrected chi connectivity index (χ4v) is 3.44. The van der Waals surface area contributed by atoms with Crippen LogP contribution < -0.4 is 0 Å². The highest BCUT2D eigenvalue weighted by Crippen LogP contribution is 2.28. The quantitative estimate of drug-likeness (QED) is 0.439. The van der Waals surface area contributed by atoms with Crippen molar-refractivity contribution in [3.63, 3.8) is 0 Å². The molecule has 0 amide bonds. The highest BCUT2D eigenvalue weighted by Gasteiger charge is 2.25. The summed E-state index contributed by atoms with van der Waals surface area (Å²) in [5.74, 6) is 0. The Morgan fingerprint density at radius 3 is 2.56 bits per heavy atom. The van der Waals surface area contributed by atoms with Crippen molar-refractivity contribution in [3.8, 4) is 0 Å². The van der Waals surface area contributed by atoms with E-state index in [-0.39, 0.29) is 0 Å². The Labute approximate surface area is 78.5 Å². The lowest BCUT2D eigenvalue weighted by Crippen LogP contribution is -2.19. The molecule has 0 saturated carbocycles. The van der Waals surface area contributed by atoms with E-state index in [4.69, 9.17) is 4.43 Å². The molecule has 1 nitrogen and oxygen atoms in total. The zero-order chi connectivity index (χ0) is 7.33. The lowest BCUT2D eigenvalue weighted by Gasteiger charge is -2.13. The van der Waals surface area contributed by atoms with E-state index >= 15 is 0 Å². The fraction of sp³-hybridized carbons (Fsp3) is 1.00. The van der Waals surface area contributed by atoms with Gasteiger partial charge in [0.25, 0.3) is 0 Å². The second kappa shape index (κ2) is 5.09. The highest BCUT2D eigenvalue weighted by atomic mass is 127. The molecule has 1 atom stereocenters. The molecule has 0 aliphatic rings. The molecule has 9 heavy (non-hydrogen) atoms. The number of hydrogen-bond donors (Lipinski definition) is 0. The third-order valence-electron chi connectivity index (χ3n) is 1.12. The third kappa shape index (κ3) is 5.81. The molecule has 0 heterocycles. The van der Waals surface area contributed by atoms with E-state index in [9.17, 15) is 0 Å². The van der Waals surface area contributed by atoms with Crippen molar-refractivity contribution in [1.82, 2.24) is 0 Å². The molecule has 0 rings (SSSR count). The Kier molecular flexibility index (Phi) is 5.88. The molecule has 0 fully saturated rings. The van der Waals surface area contributed by atoms with Crippen LogP contribution in [0.4, 0.5) is 0 Å². The average molecular weight is 323 g/mol. The van der Waals surface area contributed by atoms with E-state index in [0.717, 1.165) is 0 Å². The smallest absolute Gasteiger partial charge is 0.330 e. The van der Waals surface area contributed by atoms with E-state index in [1.165, 1.54) is 18.9 Å². The van der Waals surface area contributed by atoms with Gasteiger partial charge in [0.1, 0.15) is 0 Å².